The molecule has 4 aromatic heterocycles. The molecular weight excluding hydrogens is 831 g/mol. The van der Waals surface area contributed by atoms with Crippen LogP contribution in [0.4, 0.5) is 5.82 Å². The fraction of sp³-hybridized carbons (Fsp3) is 0.312. The van der Waals surface area contributed by atoms with Crippen molar-refractivity contribution in [1.29, 1.82) is 0 Å². The molecule has 0 aliphatic carbocycles. The number of aromatic hydroxyl groups is 1. The number of nitrogens with one attached hydrogen (secondary N) is 1. The highest BCUT2D eigenvalue weighted by Gasteiger charge is 2.40. The third-order valence-electron chi connectivity index (χ3n) is 11.6. The molecule has 1 unspecified atom stereocenters. The Hall–Kier alpha value is -7.07. The van der Waals surface area contributed by atoms with Crippen molar-refractivity contribution in [3.05, 3.63) is 125 Å². The SMILES string of the molecule is Cc1ncsc1-c1ccc([C@H](C)NC(=O)[C@@H]2CCCN2C(=O)[C@@H](c2cc(OCCOc3ccc(C(C)n4cc(-c5cc(-c6ccccc6O)nnc5N)cn4)cc3)no2)C(C)C)cc1. The third kappa shape index (κ3) is 9.46. The van der Waals surface area contributed by atoms with E-state index in [0.29, 0.717) is 41.3 Å². The molecule has 3 aromatic carbocycles. The van der Waals surface area contributed by atoms with E-state index in [0.717, 1.165) is 39.2 Å². The minimum Gasteiger partial charge on any atom is -0.507 e. The van der Waals surface area contributed by atoms with Crippen LogP contribution in [-0.4, -0.2) is 77.7 Å². The number of nitrogen functional groups attached to an aromatic ring is 1. The number of anilines is 1. The zero-order valence-corrected chi connectivity index (χ0v) is 37.2. The van der Waals surface area contributed by atoms with Gasteiger partial charge in [-0.3, -0.25) is 14.3 Å². The van der Waals surface area contributed by atoms with Gasteiger partial charge >= 0.3 is 0 Å². The number of aromatic nitrogens is 6. The van der Waals surface area contributed by atoms with Crippen LogP contribution in [0.5, 0.6) is 17.4 Å². The number of carbonyl (C=O) groups is 2. The normalized spacial score (nSPS) is 15.2. The number of phenolic OH excluding ortho intramolecular Hbond substituents is 1. The summed E-state index contributed by atoms with van der Waals surface area (Å²) in [5.41, 5.74) is 14.6. The summed E-state index contributed by atoms with van der Waals surface area (Å²) in [6, 6.07) is 25.4. The molecule has 16 heteroatoms. The Labute approximate surface area is 375 Å². The molecule has 1 aliphatic rings. The van der Waals surface area contributed by atoms with Crippen LogP contribution in [-0.2, 0) is 9.59 Å². The molecule has 2 amide bonds. The first-order chi connectivity index (χ1) is 30.9. The Kier molecular flexibility index (Phi) is 13.0. The first-order valence-corrected chi connectivity index (χ1v) is 22.2. The van der Waals surface area contributed by atoms with Crippen LogP contribution in [0, 0.1) is 12.8 Å². The summed E-state index contributed by atoms with van der Waals surface area (Å²) in [6.07, 6.45) is 4.95. The predicted molar refractivity (Wildman–Crippen MR) is 244 cm³/mol. The van der Waals surface area contributed by atoms with Crippen molar-refractivity contribution in [2.45, 2.75) is 71.5 Å². The van der Waals surface area contributed by atoms with E-state index < -0.39 is 12.0 Å². The molecule has 4 atom stereocenters. The van der Waals surface area contributed by atoms with Crippen LogP contribution in [0.2, 0.25) is 0 Å². The minimum atomic E-state index is -0.641. The van der Waals surface area contributed by atoms with Crippen LogP contribution in [0.15, 0.2) is 107 Å². The quantitative estimate of drug-likeness (QED) is 0.0786. The van der Waals surface area contributed by atoms with Crippen molar-refractivity contribution >= 4 is 29.0 Å². The molecule has 0 radical (unpaired) electrons. The molecular formula is C48H51N9O6S. The zero-order chi connectivity index (χ0) is 44.9. The number of benzene rings is 3. The summed E-state index contributed by atoms with van der Waals surface area (Å²) in [5.74, 6) is 0.563. The van der Waals surface area contributed by atoms with E-state index in [1.54, 1.807) is 52.8 Å². The summed E-state index contributed by atoms with van der Waals surface area (Å²) in [4.78, 5) is 34.9. The maximum atomic E-state index is 14.1. The fourth-order valence-corrected chi connectivity index (χ4v) is 8.85. The van der Waals surface area contributed by atoms with Crippen LogP contribution in [0.25, 0.3) is 32.8 Å². The average Bonchev–Trinajstić information content (AvgIpc) is 4.14. The number of rotatable bonds is 16. The Balaban J connectivity index is 0.822. The molecule has 0 spiro atoms. The number of carbonyl (C=O) groups excluding carboxylic acids is 2. The number of phenols is 1. The zero-order valence-electron chi connectivity index (χ0n) is 36.3. The number of aryl methyl sites for hydroxylation is 1. The number of hydrogen-bond acceptors (Lipinski definition) is 13. The molecule has 1 aliphatic heterocycles. The summed E-state index contributed by atoms with van der Waals surface area (Å²) >= 11 is 1.60. The number of thiazole rings is 1. The van der Waals surface area contributed by atoms with E-state index in [2.05, 4.69) is 42.9 Å². The lowest BCUT2D eigenvalue weighted by Crippen LogP contribution is -2.48. The van der Waals surface area contributed by atoms with Crippen molar-refractivity contribution in [2.75, 3.05) is 25.5 Å². The number of ether oxygens (including phenoxy) is 2. The summed E-state index contributed by atoms with van der Waals surface area (Å²) in [7, 11) is 0. The van der Waals surface area contributed by atoms with Gasteiger partial charge in [-0.05, 0) is 91.7 Å². The number of nitrogens with two attached hydrogens (primary N) is 1. The van der Waals surface area contributed by atoms with Gasteiger partial charge < -0.3 is 35.1 Å². The third-order valence-corrected chi connectivity index (χ3v) is 12.6. The van der Waals surface area contributed by atoms with Gasteiger partial charge in [0.05, 0.1) is 40.1 Å². The average molecular weight is 882 g/mol. The van der Waals surface area contributed by atoms with E-state index in [-0.39, 0.29) is 60.5 Å². The number of hydrogen-bond donors (Lipinski definition) is 3. The standard InChI is InChI=1S/C48H51N9O6S/c1-28(2)44(48(60)56-20-8-10-40(56)47(59)52-29(3)32-12-14-34(15-13-32)45-30(4)50-27-64-45)42-24-43(55-63-42)62-22-21-61-36-18-16-33(17-19-36)31(5)57-26-35(25-51-57)38-23-39(53-54-46(38)49)37-9-6-7-11-41(37)58/h6-7,9,11-19,23-29,31,40,44,58H,8,10,20-22H2,1-5H3,(H2,49,54)(H,52,59)/t29-,31?,40-,44+/m0/s1. The van der Waals surface area contributed by atoms with Crippen LogP contribution < -0.4 is 20.5 Å². The minimum absolute atomic E-state index is 0.103. The topological polar surface area (TPSA) is 197 Å². The highest BCUT2D eigenvalue weighted by molar-refractivity contribution is 7.13. The molecule has 0 saturated carbocycles. The maximum Gasteiger partial charge on any atom is 0.254 e. The molecule has 1 saturated heterocycles. The van der Waals surface area contributed by atoms with Gasteiger partial charge in [-0.15, -0.1) is 21.5 Å². The van der Waals surface area contributed by atoms with Gasteiger partial charge in [0.25, 0.3) is 5.88 Å². The number of nitrogens with zero attached hydrogens (tertiary/aromatic N) is 7. The van der Waals surface area contributed by atoms with Crippen molar-refractivity contribution in [2.24, 2.45) is 5.92 Å². The highest BCUT2D eigenvalue weighted by Crippen LogP contribution is 2.35. The smallest absolute Gasteiger partial charge is 0.254 e. The lowest BCUT2D eigenvalue weighted by atomic mass is 9.91. The second-order valence-corrected chi connectivity index (χ2v) is 17.1. The van der Waals surface area contributed by atoms with Gasteiger partial charge in [0, 0.05) is 35.5 Å². The lowest BCUT2D eigenvalue weighted by Gasteiger charge is -2.29. The monoisotopic (exact) mass is 881 g/mol. The molecule has 15 nitrogen and oxygen atoms in total. The van der Waals surface area contributed by atoms with Gasteiger partial charge in [0.15, 0.2) is 11.6 Å². The first-order valence-electron chi connectivity index (χ1n) is 21.3. The van der Waals surface area contributed by atoms with Gasteiger partial charge in [-0.2, -0.15) is 5.10 Å². The van der Waals surface area contributed by atoms with Crippen molar-refractivity contribution in [3.63, 3.8) is 0 Å². The molecule has 7 aromatic rings. The Bertz CT molecular complexity index is 2710. The molecule has 5 heterocycles. The van der Waals surface area contributed by atoms with E-state index in [4.69, 9.17) is 19.7 Å². The van der Waals surface area contributed by atoms with Crippen molar-refractivity contribution in [3.8, 4) is 50.2 Å². The number of para-hydroxylation sites is 1. The summed E-state index contributed by atoms with van der Waals surface area (Å²) in [6.45, 7) is 10.8. The summed E-state index contributed by atoms with van der Waals surface area (Å²) in [5, 5.41) is 30.5. The maximum absolute atomic E-state index is 14.1. The second kappa shape index (κ2) is 19.1. The molecule has 1 fully saturated rings. The van der Waals surface area contributed by atoms with Crippen LogP contribution in [0.3, 0.4) is 0 Å². The molecule has 8 rings (SSSR count). The number of amides is 2. The van der Waals surface area contributed by atoms with E-state index in [1.165, 1.54) is 0 Å². The van der Waals surface area contributed by atoms with Crippen LogP contribution in [0.1, 0.15) is 81.1 Å². The van der Waals surface area contributed by atoms with E-state index >= 15 is 0 Å². The van der Waals surface area contributed by atoms with Gasteiger partial charge in [-0.1, -0.05) is 62.4 Å². The van der Waals surface area contributed by atoms with Gasteiger partial charge in [0.1, 0.15) is 36.7 Å². The molecule has 64 heavy (non-hydrogen) atoms. The fourth-order valence-electron chi connectivity index (χ4n) is 8.04. The molecule has 4 N–H and O–H groups in total. The predicted octanol–water partition coefficient (Wildman–Crippen LogP) is 8.39. The lowest BCUT2D eigenvalue weighted by molar-refractivity contribution is -0.141. The highest BCUT2D eigenvalue weighted by atomic mass is 32.1. The summed E-state index contributed by atoms with van der Waals surface area (Å²) < 4.78 is 19.4. The number of likely N-dealkylation sites (tertiary alicyclic amines) is 1. The Morgan fingerprint density at radius 2 is 1.69 bits per heavy atom. The molecule has 0 bridgehead atoms. The van der Waals surface area contributed by atoms with Gasteiger partial charge in [0.2, 0.25) is 11.8 Å². The van der Waals surface area contributed by atoms with E-state index in [1.807, 2.05) is 93.5 Å². The molecule has 330 valence electrons. The second-order valence-electron chi connectivity index (χ2n) is 16.3. The first kappa shape index (κ1) is 43.6. The largest absolute Gasteiger partial charge is 0.507 e. The Morgan fingerprint density at radius 1 is 0.938 bits per heavy atom. The Morgan fingerprint density at radius 3 is 2.42 bits per heavy atom. The van der Waals surface area contributed by atoms with Crippen molar-refractivity contribution in [1.82, 2.24) is 40.3 Å². The van der Waals surface area contributed by atoms with Gasteiger partial charge in [-0.25, -0.2) is 4.98 Å². The van der Waals surface area contributed by atoms with Crippen LogP contribution >= 0.6 is 11.3 Å². The van der Waals surface area contributed by atoms with E-state index in [9.17, 15) is 14.7 Å². The van der Waals surface area contributed by atoms with Crippen molar-refractivity contribution < 1.29 is 28.7 Å².